The summed E-state index contributed by atoms with van der Waals surface area (Å²) < 4.78 is 46.3. The minimum atomic E-state index is -4.20. The number of rotatable bonds is 15. The van der Waals surface area contributed by atoms with Crippen LogP contribution in [0, 0.1) is 0 Å². The maximum Gasteiger partial charge on any atom is 0.392 e. The fraction of sp³-hybridized carbons (Fsp3) is 0.407. The third-order valence-electron chi connectivity index (χ3n) is 5.37. The first-order valence-corrected chi connectivity index (χ1v) is 13.9. The zero-order valence-corrected chi connectivity index (χ0v) is 24.7. The van der Waals surface area contributed by atoms with Gasteiger partial charge in [-0.2, -0.15) is 0 Å². The van der Waals surface area contributed by atoms with Gasteiger partial charge >= 0.3 is 19.6 Å². The van der Waals surface area contributed by atoms with Gasteiger partial charge in [0.25, 0.3) is 0 Å². The molecule has 3 atom stereocenters. The van der Waals surface area contributed by atoms with Crippen molar-refractivity contribution >= 4 is 31.8 Å². The summed E-state index contributed by atoms with van der Waals surface area (Å²) in [6, 6.07) is 6.08. The molecule has 3 N–H and O–H groups in total. The van der Waals surface area contributed by atoms with Gasteiger partial charge in [-0.1, -0.05) is 18.2 Å². The number of carboxylic acid groups (broad SMARTS) is 1. The fourth-order valence-corrected chi connectivity index (χ4v) is 5.27. The first kappa shape index (κ1) is 32.5. The Morgan fingerprint density at radius 2 is 1.30 bits per heavy atom. The lowest BCUT2D eigenvalue weighted by Gasteiger charge is -2.26. The highest BCUT2D eigenvalue weighted by molar-refractivity contribution is 7.55. The van der Waals surface area contributed by atoms with Crippen LogP contribution in [0.4, 0.5) is 0 Å². The van der Waals surface area contributed by atoms with Gasteiger partial charge in [0.15, 0.2) is 23.0 Å². The zero-order chi connectivity index (χ0) is 30.0. The Bertz CT molecular complexity index is 1240. The van der Waals surface area contributed by atoms with Gasteiger partial charge in [-0.25, -0.2) is 14.7 Å². The third-order valence-corrected chi connectivity index (χ3v) is 7.28. The first-order valence-electron chi connectivity index (χ1n) is 12.3. The summed E-state index contributed by atoms with van der Waals surface area (Å²) in [4.78, 5) is 23.9. The Hall–Kier alpha value is -3.73. The number of benzene rings is 2. The second-order valence-electron chi connectivity index (χ2n) is 8.87. The van der Waals surface area contributed by atoms with Crippen LogP contribution in [0.1, 0.15) is 38.8 Å². The van der Waals surface area contributed by atoms with Crippen LogP contribution < -0.4 is 33.6 Å². The fourth-order valence-electron chi connectivity index (χ4n) is 3.44. The number of aliphatic carboxylic acids is 1. The molecule has 0 spiro atoms. The molecule has 0 aliphatic carbocycles. The molecule has 2 aromatic carbocycles. The van der Waals surface area contributed by atoms with Gasteiger partial charge in [-0.05, 0) is 63.1 Å². The van der Waals surface area contributed by atoms with Crippen LogP contribution in [-0.2, 0) is 18.9 Å². The minimum Gasteiger partial charge on any atom is -0.493 e. The van der Waals surface area contributed by atoms with Crippen LogP contribution in [-0.4, -0.2) is 63.7 Å². The zero-order valence-electron chi connectivity index (χ0n) is 23.8. The third kappa shape index (κ3) is 8.90. The molecule has 0 saturated carbocycles. The molecule has 40 heavy (non-hydrogen) atoms. The smallest absolute Gasteiger partial charge is 0.392 e. The molecule has 3 unspecified atom stereocenters. The Balaban J connectivity index is 2.44. The lowest BCUT2D eigenvalue weighted by Crippen LogP contribution is -2.43. The van der Waals surface area contributed by atoms with E-state index < -0.39 is 37.8 Å². The number of carbonyl (C=O) groups excluding carboxylic acids is 1. The Labute approximate surface area is 234 Å². The molecular formula is C27H37N2O10P. The van der Waals surface area contributed by atoms with Gasteiger partial charge in [-0.15, -0.1) is 0 Å². The quantitative estimate of drug-likeness (QED) is 0.156. The molecule has 0 bridgehead atoms. The van der Waals surface area contributed by atoms with Crippen molar-refractivity contribution in [3.8, 4) is 28.7 Å². The molecular weight excluding hydrogens is 543 g/mol. The van der Waals surface area contributed by atoms with Crippen molar-refractivity contribution in [1.82, 2.24) is 10.2 Å². The molecule has 0 aliphatic rings. The molecule has 2 aromatic rings. The second-order valence-corrected chi connectivity index (χ2v) is 10.7. The van der Waals surface area contributed by atoms with Crippen LogP contribution in [0.25, 0.3) is 12.2 Å². The minimum absolute atomic E-state index is 0.0416. The van der Waals surface area contributed by atoms with Crippen LogP contribution in [0.15, 0.2) is 30.3 Å². The number of hydrogen-bond acceptors (Lipinski definition) is 9. The predicted molar refractivity (Wildman–Crippen MR) is 150 cm³/mol. The summed E-state index contributed by atoms with van der Waals surface area (Å²) in [7, 11) is 1.76. The second kappa shape index (κ2) is 14.6. The lowest BCUT2D eigenvalue weighted by atomic mass is 10.1. The van der Waals surface area contributed by atoms with E-state index in [2.05, 4.69) is 10.2 Å². The molecule has 0 amide bonds. The Morgan fingerprint density at radius 1 is 0.775 bits per heavy atom. The van der Waals surface area contributed by atoms with Gasteiger partial charge in [0.2, 0.25) is 5.75 Å². The monoisotopic (exact) mass is 580 g/mol. The van der Waals surface area contributed by atoms with Crippen molar-refractivity contribution in [3.05, 3.63) is 41.5 Å². The summed E-state index contributed by atoms with van der Waals surface area (Å²) in [5, 5.41) is 14.4. The normalized spacial score (nSPS) is 14.2. The highest BCUT2D eigenvalue weighted by Gasteiger charge is 2.34. The van der Waals surface area contributed by atoms with E-state index in [1.54, 1.807) is 56.3 Å². The summed E-state index contributed by atoms with van der Waals surface area (Å²) in [5.74, 6) is -0.254. The average Bonchev–Trinajstić information content (AvgIpc) is 2.90. The van der Waals surface area contributed by atoms with Crippen molar-refractivity contribution < 1.29 is 47.5 Å². The van der Waals surface area contributed by atoms with Gasteiger partial charge in [0.05, 0.1) is 34.5 Å². The molecule has 12 nitrogen and oxygen atoms in total. The molecule has 2 rings (SSSR count). The van der Waals surface area contributed by atoms with E-state index in [1.165, 1.54) is 42.3 Å². The van der Waals surface area contributed by atoms with Gasteiger partial charge in [0, 0.05) is 0 Å². The Morgan fingerprint density at radius 3 is 1.80 bits per heavy atom. The van der Waals surface area contributed by atoms with Crippen molar-refractivity contribution in [3.63, 3.8) is 0 Å². The molecule has 0 radical (unpaired) electrons. The largest absolute Gasteiger partial charge is 0.493 e. The van der Waals surface area contributed by atoms with Crippen molar-refractivity contribution in [2.24, 2.45) is 0 Å². The van der Waals surface area contributed by atoms with E-state index in [1.807, 2.05) is 0 Å². The van der Waals surface area contributed by atoms with Gasteiger partial charge in [-0.3, -0.25) is 9.59 Å². The predicted octanol–water partition coefficient (Wildman–Crippen LogP) is 4.37. The van der Waals surface area contributed by atoms with Crippen molar-refractivity contribution in [2.45, 2.75) is 45.9 Å². The van der Waals surface area contributed by atoms with Crippen LogP contribution in [0.5, 0.6) is 28.7 Å². The first-order chi connectivity index (χ1) is 18.9. The van der Waals surface area contributed by atoms with Gasteiger partial charge < -0.3 is 33.3 Å². The van der Waals surface area contributed by atoms with E-state index in [9.17, 15) is 19.3 Å². The summed E-state index contributed by atoms with van der Waals surface area (Å²) in [6.07, 6.45) is 3.15. The maximum atomic E-state index is 13.8. The molecule has 0 aromatic heterocycles. The van der Waals surface area contributed by atoms with Crippen LogP contribution in [0.2, 0.25) is 0 Å². The van der Waals surface area contributed by atoms with Crippen LogP contribution >= 0.6 is 7.67 Å². The lowest BCUT2D eigenvalue weighted by molar-refractivity contribution is -0.149. The van der Waals surface area contributed by atoms with E-state index >= 15 is 0 Å². The number of hydrogen-bond donors (Lipinski definition) is 3. The van der Waals surface area contributed by atoms with E-state index in [0.29, 0.717) is 22.8 Å². The summed E-state index contributed by atoms with van der Waals surface area (Å²) in [6.45, 7) is 6.08. The van der Waals surface area contributed by atoms with Crippen LogP contribution in [0.3, 0.4) is 0 Å². The highest BCUT2D eigenvalue weighted by Crippen LogP contribution is 2.44. The number of esters is 1. The summed E-state index contributed by atoms with van der Waals surface area (Å²) >= 11 is 0. The van der Waals surface area contributed by atoms with E-state index in [4.69, 9.17) is 28.2 Å². The number of ether oxygens (including phenoxy) is 5. The summed E-state index contributed by atoms with van der Waals surface area (Å²) in [5.41, 5.74) is 1.38. The molecule has 220 valence electrons. The standard InChI is InChI=1S/C27H37N2O10P/c1-16(2)38-27(32)18(4)29-40(33,28-17(3)26(30)31)39-22-13-19(11-12-21(22)34-5)9-10-20-14-23(35-6)25(37-8)24(15-20)36-7/h9-18H,1-8H3,(H,30,31)(H2,28,29,33)/b10-9-. The maximum absolute atomic E-state index is 13.8. The molecule has 0 aliphatic heterocycles. The highest BCUT2D eigenvalue weighted by atomic mass is 31.2. The average molecular weight is 581 g/mol. The number of carboxylic acids is 1. The topological polar surface area (TPSA) is 151 Å². The van der Waals surface area contributed by atoms with Crippen molar-refractivity contribution in [2.75, 3.05) is 28.4 Å². The molecule has 0 heterocycles. The molecule has 13 heteroatoms. The molecule has 0 fully saturated rings. The van der Waals surface area contributed by atoms with E-state index in [-0.39, 0.29) is 11.5 Å². The van der Waals surface area contributed by atoms with Crippen molar-refractivity contribution in [1.29, 1.82) is 0 Å². The Kier molecular flexibility index (Phi) is 11.9. The van der Waals surface area contributed by atoms with E-state index in [0.717, 1.165) is 5.56 Å². The SMILES string of the molecule is COc1ccc(/C=C\c2cc(OC)c(OC)c(OC)c2)cc1OP(=O)(NC(C)C(=O)O)NC(C)C(=O)OC(C)C. The molecule has 0 saturated heterocycles. The number of carbonyl (C=O) groups is 2. The number of nitrogens with one attached hydrogen (secondary N) is 2. The van der Waals surface area contributed by atoms with Gasteiger partial charge in [0.1, 0.15) is 12.1 Å². The number of methoxy groups -OCH3 is 4.